The fraction of sp³-hybridized carbons (Fsp3) is 0.634. The van der Waals surface area contributed by atoms with Crippen LogP contribution in [0.1, 0.15) is 59.8 Å². The van der Waals surface area contributed by atoms with Crippen LogP contribution in [0.2, 0.25) is 0 Å². The molecule has 15 heteroatoms. The summed E-state index contributed by atoms with van der Waals surface area (Å²) in [5, 5.41) is 21.8. The lowest BCUT2D eigenvalue weighted by Crippen LogP contribution is -2.47. The smallest absolute Gasteiger partial charge is 0.304 e. The fourth-order valence-electron chi connectivity index (χ4n) is 8.15. The van der Waals surface area contributed by atoms with Gasteiger partial charge >= 0.3 is 5.97 Å². The van der Waals surface area contributed by atoms with E-state index in [-0.39, 0.29) is 12.3 Å². The molecule has 2 atom stereocenters. The van der Waals surface area contributed by atoms with Gasteiger partial charge < -0.3 is 34.4 Å². The average molecular weight is 773 g/mol. The molecule has 304 valence electrons. The molecule has 2 saturated heterocycles. The minimum absolute atomic E-state index is 0.0820. The van der Waals surface area contributed by atoms with Crippen LogP contribution in [-0.2, 0) is 31.8 Å². The summed E-state index contributed by atoms with van der Waals surface area (Å²) in [6.45, 7) is 15.5. The molecule has 3 aromatic rings. The first-order chi connectivity index (χ1) is 27.3. The van der Waals surface area contributed by atoms with Gasteiger partial charge in [0.1, 0.15) is 5.82 Å². The van der Waals surface area contributed by atoms with Crippen LogP contribution in [0.4, 0.5) is 11.5 Å². The summed E-state index contributed by atoms with van der Waals surface area (Å²) in [6, 6.07) is 13.1. The Morgan fingerprint density at radius 3 is 2.50 bits per heavy atom. The number of fused-ring (bicyclic) bond motifs is 1. The third-order valence-electron chi connectivity index (χ3n) is 11.1. The number of aromatic nitrogens is 3. The molecular weight excluding hydrogens is 713 g/mol. The second kappa shape index (κ2) is 21.3. The largest absolute Gasteiger partial charge is 0.481 e. The van der Waals surface area contributed by atoms with Crippen LogP contribution in [0, 0.1) is 19.8 Å². The second-order valence-corrected chi connectivity index (χ2v) is 15.3. The van der Waals surface area contributed by atoms with Gasteiger partial charge in [0.15, 0.2) is 0 Å². The highest BCUT2D eigenvalue weighted by Gasteiger charge is 2.28. The number of ether oxygens (including phenoxy) is 3. The van der Waals surface area contributed by atoms with Crippen molar-refractivity contribution in [1.82, 2.24) is 24.6 Å². The van der Waals surface area contributed by atoms with E-state index in [9.17, 15) is 9.90 Å². The number of aryl methyl sites for hydroxylation is 4. The van der Waals surface area contributed by atoms with Gasteiger partial charge in [0.2, 0.25) is 0 Å². The maximum Gasteiger partial charge on any atom is 0.304 e. The van der Waals surface area contributed by atoms with Gasteiger partial charge in [-0.15, -0.1) is 0 Å². The van der Waals surface area contributed by atoms with Crippen molar-refractivity contribution in [3.63, 3.8) is 0 Å². The Bertz CT molecular complexity index is 1760. The van der Waals surface area contributed by atoms with Crippen molar-refractivity contribution in [3.8, 4) is 5.69 Å². The Kier molecular flexibility index (Phi) is 15.8. The van der Waals surface area contributed by atoms with Crippen LogP contribution in [0.15, 0.2) is 41.5 Å². The fourth-order valence-corrected chi connectivity index (χ4v) is 8.15. The summed E-state index contributed by atoms with van der Waals surface area (Å²) in [6.07, 6.45) is 5.53. The summed E-state index contributed by atoms with van der Waals surface area (Å²) in [5.41, 5.74) is 15.9. The molecule has 5 heterocycles. The number of aliphatic carboxylic acids is 1. The minimum Gasteiger partial charge on any atom is -0.481 e. The zero-order chi connectivity index (χ0) is 39.1. The maximum atomic E-state index is 12.3. The molecule has 1 aromatic carbocycles. The number of pyridine rings is 1. The number of hydrogen-bond donors (Lipinski definition) is 2. The molecule has 0 saturated carbocycles. The number of nitrogens with one attached hydrogen (secondary N) is 1. The van der Waals surface area contributed by atoms with Crippen molar-refractivity contribution < 1.29 is 24.1 Å². The molecular formula is C41H60N10O5. The number of benzene rings is 1. The van der Waals surface area contributed by atoms with Crippen LogP contribution in [0.3, 0.4) is 0 Å². The number of rotatable bonds is 22. The van der Waals surface area contributed by atoms with Gasteiger partial charge in [-0.05, 0) is 105 Å². The number of carbonyl (C=O) groups is 1. The Morgan fingerprint density at radius 1 is 0.982 bits per heavy atom. The van der Waals surface area contributed by atoms with E-state index < -0.39 is 5.97 Å². The first kappa shape index (κ1) is 41.4. The standard InChI is InChI=1S/C41H60N10O5/c1-31-24-32(2)51(46-31)39-26-35(25-38(28-39)50-15-13-48(14-16-50)17-19-55-21-23-56-22-20-54-18-11-44-47-42)36(27-40(52)53)30-49-12-9-33(29-49)5-7-37-8-6-34-4-3-10-43-41(34)45-37/h6,8,24-26,28,33,36H,3-5,7,9-23,27,29-30H2,1-2H3,(H,43,45)(H,52,53)/t33-,36+/m1/s1. The van der Waals surface area contributed by atoms with E-state index in [1.165, 1.54) is 5.56 Å². The summed E-state index contributed by atoms with van der Waals surface area (Å²) < 4.78 is 18.7. The number of anilines is 2. The highest BCUT2D eigenvalue weighted by atomic mass is 16.5. The zero-order valence-corrected chi connectivity index (χ0v) is 33.3. The molecule has 0 aliphatic carbocycles. The number of carboxylic acids is 1. The summed E-state index contributed by atoms with van der Waals surface area (Å²) in [5.74, 6) is 0.720. The number of azide groups is 1. The lowest BCUT2D eigenvalue weighted by molar-refractivity contribution is -0.137. The van der Waals surface area contributed by atoms with Crippen LogP contribution in [-0.4, -0.2) is 141 Å². The Hall–Kier alpha value is -4.24. The predicted octanol–water partition coefficient (Wildman–Crippen LogP) is 5.24. The minimum atomic E-state index is -0.772. The molecule has 2 N–H and O–H groups in total. The summed E-state index contributed by atoms with van der Waals surface area (Å²) >= 11 is 0. The Morgan fingerprint density at radius 2 is 1.75 bits per heavy atom. The molecule has 0 unspecified atom stereocenters. The third kappa shape index (κ3) is 12.4. The highest BCUT2D eigenvalue weighted by molar-refractivity contribution is 5.69. The van der Waals surface area contributed by atoms with Gasteiger partial charge in [-0.2, -0.15) is 5.10 Å². The van der Waals surface area contributed by atoms with E-state index in [1.807, 2.05) is 11.6 Å². The number of nitrogens with zero attached hydrogens (tertiary/aromatic N) is 9. The monoisotopic (exact) mass is 772 g/mol. The van der Waals surface area contributed by atoms with Crippen molar-refractivity contribution in [3.05, 3.63) is 75.0 Å². The number of hydrogen-bond acceptors (Lipinski definition) is 11. The van der Waals surface area contributed by atoms with E-state index in [2.05, 4.69) is 73.4 Å². The van der Waals surface area contributed by atoms with Crippen molar-refractivity contribution in [2.24, 2.45) is 11.0 Å². The molecule has 2 aromatic heterocycles. The lowest BCUT2D eigenvalue weighted by atomic mass is 9.93. The summed E-state index contributed by atoms with van der Waals surface area (Å²) in [7, 11) is 0. The van der Waals surface area contributed by atoms with E-state index in [0.717, 1.165) is 131 Å². The van der Waals surface area contributed by atoms with E-state index in [1.54, 1.807) is 0 Å². The number of carboxylic acid groups (broad SMARTS) is 1. The van der Waals surface area contributed by atoms with Gasteiger partial charge in [-0.3, -0.25) is 9.69 Å². The van der Waals surface area contributed by atoms with Gasteiger partial charge in [0.25, 0.3) is 0 Å². The van der Waals surface area contributed by atoms with E-state index in [4.69, 9.17) is 29.8 Å². The van der Waals surface area contributed by atoms with Gasteiger partial charge in [-0.25, -0.2) is 9.67 Å². The normalized spacial score (nSPS) is 18.0. The van der Waals surface area contributed by atoms with Crippen LogP contribution in [0.25, 0.3) is 16.1 Å². The predicted molar refractivity (Wildman–Crippen MR) is 217 cm³/mol. The molecule has 2 fully saturated rings. The van der Waals surface area contributed by atoms with Crippen LogP contribution < -0.4 is 10.2 Å². The topological polar surface area (TPSA) is 166 Å². The summed E-state index contributed by atoms with van der Waals surface area (Å²) in [4.78, 5) is 27.3. The SMILES string of the molecule is Cc1cc(C)n(-c2cc([C@@H](CC(=O)O)CN3CC[C@@H](CCc4ccc5c(n4)NCCC5)C3)cc(N3CCN(CCOCCOCCOCCN=[N+]=[N-])CC3)c2)n1. The molecule has 0 amide bonds. The van der Waals surface area contributed by atoms with E-state index in [0.29, 0.717) is 52.1 Å². The van der Waals surface area contributed by atoms with Gasteiger partial charge in [0, 0.05) is 86.8 Å². The van der Waals surface area contributed by atoms with E-state index >= 15 is 0 Å². The molecule has 0 bridgehead atoms. The Labute approximate surface area is 330 Å². The van der Waals surface area contributed by atoms with Crippen molar-refractivity contribution in [2.45, 2.75) is 58.3 Å². The third-order valence-corrected chi connectivity index (χ3v) is 11.1. The first-order valence-corrected chi connectivity index (χ1v) is 20.4. The molecule has 0 radical (unpaired) electrons. The molecule has 3 aliphatic rings. The van der Waals surface area contributed by atoms with Gasteiger partial charge in [-0.1, -0.05) is 11.2 Å². The second-order valence-electron chi connectivity index (χ2n) is 15.3. The number of likely N-dealkylation sites (tertiary alicyclic amines) is 1. The highest BCUT2D eigenvalue weighted by Crippen LogP contribution is 2.32. The molecule has 56 heavy (non-hydrogen) atoms. The van der Waals surface area contributed by atoms with Crippen LogP contribution >= 0.6 is 0 Å². The van der Waals surface area contributed by atoms with Gasteiger partial charge in [0.05, 0.1) is 57.4 Å². The van der Waals surface area contributed by atoms with Crippen molar-refractivity contribution in [1.29, 1.82) is 0 Å². The Balaban J connectivity index is 1.03. The average Bonchev–Trinajstić information content (AvgIpc) is 3.81. The molecule has 15 nitrogen and oxygen atoms in total. The maximum absolute atomic E-state index is 12.3. The first-order valence-electron chi connectivity index (χ1n) is 20.4. The van der Waals surface area contributed by atoms with Crippen molar-refractivity contribution in [2.75, 3.05) is 115 Å². The molecule has 6 rings (SSSR count). The quantitative estimate of drug-likeness (QED) is 0.0594. The van der Waals surface area contributed by atoms with Crippen molar-refractivity contribution >= 4 is 17.5 Å². The molecule has 3 aliphatic heterocycles. The molecule has 0 spiro atoms. The zero-order valence-electron chi connectivity index (χ0n) is 33.3. The lowest BCUT2D eigenvalue weighted by Gasteiger charge is -2.36. The number of piperazine rings is 1. The van der Waals surface area contributed by atoms with Crippen LogP contribution in [0.5, 0.6) is 0 Å².